The minimum absolute atomic E-state index is 0.206. The van der Waals surface area contributed by atoms with Gasteiger partial charge in [-0.3, -0.25) is 0 Å². The molecule has 0 amide bonds. The van der Waals surface area contributed by atoms with Gasteiger partial charge in [-0.2, -0.15) is 0 Å². The van der Waals surface area contributed by atoms with Gasteiger partial charge in [0.05, 0.1) is 6.10 Å². The van der Waals surface area contributed by atoms with Crippen molar-refractivity contribution in [1.82, 2.24) is 0 Å². The van der Waals surface area contributed by atoms with Crippen molar-refractivity contribution in [2.45, 2.75) is 71.2 Å². The first kappa shape index (κ1) is 17.4. The Bertz CT molecular complexity index is 640. The molecule has 132 valence electrons. The van der Waals surface area contributed by atoms with E-state index in [1.54, 1.807) is 6.08 Å². The molecule has 1 aliphatic heterocycles. The Balaban J connectivity index is 2.09. The van der Waals surface area contributed by atoms with Gasteiger partial charge in [0.15, 0.2) is 0 Å². The van der Waals surface area contributed by atoms with Gasteiger partial charge in [-0.1, -0.05) is 37.6 Å². The standard InChI is InChI=1S/C20H28O4/c1-12-5-6-14-7-8-16-17(19(14,3)4)20(23,24-18(16)22)11-13(2)10-15(21)9-12/h10,14-15,21,23H,1,5-9,11H2,2-4H3/b13-10+. The molecule has 3 aliphatic rings. The number of esters is 1. The van der Waals surface area contributed by atoms with E-state index in [2.05, 4.69) is 20.4 Å². The molecule has 1 heterocycles. The molecule has 3 atom stereocenters. The van der Waals surface area contributed by atoms with Gasteiger partial charge in [0.2, 0.25) is 5.79 Å². The van der Waals surface area contributed by atoms with Crippen molar-refractivity contribution in [3.05, 3.63) is 34.9 Å². The molecule has 4 nitrogen and oxygen atoms in total. The van der Waals surface area contributed by atoms with Crippen LogP contribution in [0.4, 0.5) is 0 Å². The maximum Gasteiger partial charge on any atom is 0.336 e. The summed E-state index contributed by atoms with van der Waals surface area (Å²) in [6.45, 7) is 10.2. The Morgan fingerprint density at radius 1 is 1.29 bits per heavy atom. The molecule has 24 heavy (non-hydrogen) atoms. The van der Waals surface area contributed by atoms with Crippen molar-refractivity contribution in [2.75, 3.05) is 0 Å². The highest BCUT2D eigenvalue weighted by atomic mass is 16.7. The second kappa shape index (κ2) is 5.85. The Labute approximate surface area is 143 Å². The van der Waals surface area contributed by atoms with Crippen LogP contribution in [-0.2, 0) is 9.53 Å². The van der Waals surface area contributed by atoms with E-state index in [0.717, 1.165) is 36.0 Å². The number of carbonyl (C=O) groups excluding carboxylic acids is 1. The second-order valence-corrected chi connectivity index (χ2v) is 8.23. The highest BCUT2D eigenvalue weighted by Gasteiger charge is 2.55. The molecule has 0 saturated carbocycles. The maximum absolute atomic E-state index is 12.3. The number of aliphatic hydroxyl groups excluding tert-OH is 1. The van der Waals surface area contributed by atoms with Gasteiger partial charge < -0.3 is 14.9 Å². The Kier molecular flexibility index (Phi) is 4.25. The maximum atomic E-state index is 12.3. The van der Waals surface area contributed by atoms with Crippen molar-refractivity contribution in [3.63, 3.8) is 0 Å². The number of carbonyl (C=O) groups is 1. The van der Waals surface area contributed by atoms with Gasteiger partial charge in [-0.25, -0.2) is 4.79 Å². The number of ether oxygens (including phenoxy) is 1. The largest absolute Gasteiger partial charge is 0.425 e. The van der Waals surface area contributed by atoms with E-state index in [4.69, 9.17) is 4.74 Å². The van der Waals surface area contributed by atoms with Gasteiger partial charge in [0.25, 0.3) is 0 Å². The summed E-state index contributed by atoms with van der Waals surface area (Å²) in [6, 6.07) is 0. The summed E-state index contributed by atoms with van der Waals surface area (Å²) in [7, 11) is 0. The summed E-state index contributed by atoms with van der Waals surface area (Å²) in [5.74, 6) is -1.60. The Morgan fingerprint density at radius 2 is 1.96 bits per heavy atom. The zero-order chi connectivity index (χ0) is 17.7. The molecule has 3 rings (SSSR count). The van der Waals surface area contributed by atoms with Crippen LogP contribution in [0.1, 0.15) is 59.3 Å². The molecule has 2 N–H and O–H groups in total. The van der Waals surface area contributed by atoms with Crippen LogP contribution in [-0.4, -0.2) is 28.1 Å². The fourth-order valence-electron chi connectivity index (χ4n) is 4.84. The van der Waals surface area contributed by atoms with E-state index < -0.39 is 11.9 Å². The summed E-state index contributed by atoms with van der Waals surface area (Å²) < 4.78 is 5.45. The molecule has 2 aliphatic carbocycles. The molecule has 0 saturated heterocycles. The first-order chi connectivity index (χ1) is 11.1. The molecular weight excluding hydrogens is 304 g/mol. The molecule has 0 radical (unpaired) electrons. The predicted molar refractivity (Wildman–Crippen MR) is 91.9 cm³/mol. The lowest BCUT2D eigenvalue weighted by molar-refractivity contribution is -0.184. The van der Waals surface area contributed by atoms with Crippen molar-refractivity contribution >= 4 is 5.97 Å². The molecule has 0 aromatic carbocycles. The molecule has 0 aromatic heterocycles. The number of hydrogen-bond acceptors (Lipinski definition) is 4. The third kappa shape index (κ3) is 2.86. The molecule has 0 aromatic rings. The van der Waals surface area contributed by atoms with Crippen LogP contribution in [0, 0.1) is 11.3 Å². The van der Waals surface area contributed by atoms with Gasteiger partial charge in [-0.05, 0) is 50.4 Å². The summed E-state index contributed by atoms with van der Waals surface area (Å²) in [6.07, 6.45) is 5.26. The molecule has 0 fully saturated rings. The summed E-state index contributed by atoms with van der Waals surface area (Å²) in [5.41, 5.74) is 2.98. The van der Waals surface area contributed by atoms with Crippen LogP contribution in [0.5, 0.6) is 0 Å². The van der Waals surface area contributed by atoms with Gasteiger partial charge >= 0.3 is 5.97 Å². The zero-order valence-corrected chi connectivity index (χ0v) is 14.9. The lowest BCUT2D eigenvalue weighted by Crippen LogP contribution is -2.42. The quantitative estimate of drug-likeness (QED) is 0.527. The number of hydrogen-bond donors (Lipinski definition) is 2. The predicted octanol–water partition coefficient (Wildman–Crippen LogP) is 3.40. The lowest BCUT2D eigenvalue weighted by atomic mass is 9.61. The van der Waals surface area contributed by atoms with Crippen molar-refractivity contribution in [3.8, 4) is 0 Å². The van der Waals surface area contributed by atoms with Crippen molar-refractivity contribution < 1.29 is 19.7 Å². The van der Waals surface area contributed by atoms with Crippen LogP contribution in [0.3, 0.4) is 0 Å². The fraction of sp³-hybridized carbons (Fsp3) is 0.650. The summed E-state index contributed by atoms with van der Waals surface area (Å²) in [4.78, 5) is 12.3. The van der Waals surface area contributed by atoms with Gasteiger partial charge in [0, 0.05) is 17.6 Å². The third-order valence-corrected chi connectivity index (χ3v) is 5.95. The van der Waals surface area contributed by atoms with Crippen LogP contribution >= 0.6 is 0 Å². The van der Waals surface area contributed by atoms with Crippen molar-refractivity contribution in [1.29, 1.82) is 0 Å². The third-order valence-electron chi connectivity index (χ3n) is 5.95. The number of fused-ring (bicyclic) bond motifs is 1. The van der Waals surface area contributed by atoms with E-state index >= 15 is 0 Å². The second-order valence-electron chi connectivity index (χ2n) is 8.23. The topological polar surface area (TPSA) is 66.8 Å². The van der Waals surface area contributed by atoms with E-state index in [9.17, 15) is 15.0 Å². The average molecular weight is 332 g/mol. The average Bonchev–Trinajstić information content (AvgIpc) is 2.67. The van der Waals surface area contributed by atoms with E-state index in [-0.39, 0.29) is 17.8 Å². The van der Waals surface area contributed by atoms with Crippen LogP contribution in [0.15, 0.2) is 34.9 Å². The molecule has 2 bridgehead atoms. The smallest absolute Gasteiger partial charge is 0.336 e. The number of rotatable bonds is 0. The van der Waals surface area contributed by atoms with Crippen LogP contribution in [0.2, 0.25) is 0 Å². The monoisotopic (exact) mass is 332 g/mol. The van der Waals surface area contributed by atoms with Crippen molar-refractivity contribution in [2.24, 2.45) is 11.3 Å². The lowest BCUT2D eigenvalue weighted by Gasteiger charge is -2.44. The van der Waals surface area contributed by atoms with Gasteiger partial charge in [0.1, 0.15) is 0 Å². The first-order valence-corrected chi connectivity index (χ1v) is 8.85. The Morgan fingerprint density at radius 3 is 2.67 bits per heavy atom. The highest BCUT2D eigenvalue weighted by Crippen LogP contribution is 2.55. The fourth-order valence-corrected chi connectivity index (χ4v) is 4.84. The Hall–Kier alpha value is -1.39. The SMILES string of the molecule is C=C1CCC2CCC3=C(C(O)(C/C(C)=C/C(O)C1)OC3=O)C2(C)C. The molecule has 3 unspecified atom stereocenters. The number of aliphatic hydroxyl groups is 2. The van der Waals surface area contributed by atoms with Crippen LogP contribution in [0.25, 0.3) is 0 Å². The first-order valence-electron chi connectivity index (χ1n) is 8.85. The minimum atomic E-state index is -1.58. The molecule has 0 spiro atoms. The normalized spacial score (nSPS) is 38.8. The van der Waals surface area contributed by atoms with E-state index in [1.165, 1.54) is 0 Å². The van der Waals surface area contributed by atoms with Crippen LogP contribution < -0.4 is 0 Å². The van der Waals surface area contributed by atoms with Gasteiger partial charge in [-0.15, -0.1) is 0 Å². The molecule has 4 heteroatoms. The zero-order valence-electron chi connectivity index (χ0n) is 14.9. The van der Waals surface area contributed by atoms with E-state index in [0.29, 0.717) is 24.3 Å². The van der Waals surface area contributed by atoms with E-state index in [1.807, 2.05) is 6.92 Å². The highest BCUT2D eigenvalue weighted by molar-refractivity contribution is 5.93. The minimum Gasteiger partial charge on any atom is -0.425 e. The summed E-state index contributed by atoms with van der Waals surface area (Å²) >= 11 is 0. The molecular formula is C20H28O4. The summed E-state index contributed by atoms with van der Waals surface area (Å²) in [5, 5.41) is 21.4.